The van der Waals surface area contributed by atoms with Gasteiger partial charge in [-0.15, -0.1) is 0 Å². The summed E-state index contributed by atoms with van der Waals surface area (Å²) in [5, 5.41) is -0.854. The molecule has 0 spiro atoms. The Bertz CT molecular complexity index is 1060. The van der Waals surface area contributed by atoms with E-state index in [4.69, 9.17) is 16.3 Å². The van der Waals surface area contributed by atoms with E-state index >= 15 is 0 Å². The van der Waals surface area contributed by atoms with E-state index in [0.717, 1.165) is 12.1 Å². The van der Waals surface area contributed by atoms with Crippen molar-refractivity contribution in [2.45, 2.75) is 13.1 Å². The monoisotopic (exact) mass is 418 g/mol. The van der Waals surface area contributed by atoms with Crippen LogP contribution in [0, 0.1) is 0 Å². The van der Waals surface area contributed by atoms with Crippen LogP contribution in [0.2, 0.25) is 0 Å². The second-order valence-electron chi connectivity index (χ2n) is 6.21. The summed E-state index contributed by atoms with van der Waals surface area (Å²) in [4.78, 5) is 23.6. The summed E-state index contributed by atoms with van der Waals surface area (Å²) >= 11 is 5.72. The van der Waals surface area contributed by atoms with Gasteiger partial charge in [-0.1, -0.05) is 42.5 Å². The van der Waals surface area contributed by atoms with Gasteiger partial charge < -0.3 is 4.74 Å². The molecule has 0 saturated heterocycles. The van der Waals surface area contributed by atoms with Crippen molar-refractivity contribution < 1.29 is 27.5 Å². The molecule has 0 heterocycles. The van der Waals surface area contributed by atoms with Gasteiger partial charge in [0.1, 0.15) is 0 Å². The van der Waals surface area contributed by atoms with Crippen LogP contribution in [0.25, 0.3) is 22.3 Å². The molecule has 0 bridgehead atoms. The minimum atomic E-state index is -4.45. The normalized spacial score (nSPS) is 11.2. The lowest BCUT2D eigenvalue weighted by Gasteiger charge is -2.15. The summed E-state index contributed by atoms with van der Waals surface area (Å²) in [6.45, 7) is 1.20. The van der Waals surface area contributed by atoms with Crippen LogP contribution in [0.1, 0.15) is 22.8 Å². The fourth-order valence-electron chi connectivity index (χ4n) is 2.88. The highest BCUT2D eigenvalue weighted by molar-refractivity contribution is 6.68. The highest BCUT2D eigenvalue weighted by atomic mass is 35.5. The molecule has 0 aliphatic carbocycles. The molecule has 0 N–H and O–H groups in total. The van der Waals surface area contributed by atoms with Gasteiger partial charge in [0.15, 0.2) is 5.75 Å². The third kappa shape index (κ3) is 4.66. The minimum Gasteiger partial charge on any atom is -0.425 e. The predicted molar refractivity (Wildman–Crippen MR) is 104 cm³/mol. The van der Waals surface area contributed by atoms with E-state index < -0.39 is 23.0 Å². The van der Waals surface area contributed by atoms with Gasteiger partial charge in [-0.2, -0.15) is 13.2 Å². The summed E-state index contributed by atoms with van der Waals surface area (Å²) in [5.74, 6) is -0.636. The molecule has 0 aromatic heterocycles. The summed E-state index contributed by atoms with van der Waals surface area (Å²) in [6.07, 6.45) is -4.45. The van der Waals surface area contributed by atoms with Crippen molar-refractivity contribution in [3.8, 4) is 28.0 Å². The van der Waals surface area contributed by atoms with Gasteiger partial charge >= 0.3 is 12.1 Å². The van der Waals surface area contributed by atoms with Crippen LogP contribution >= 0.6 is 11.6 Å². The zero-order valence-electron chi connectivity index (χ0n) is 15.1. The average Bonchev–Trinajstić information content (AvgIpc) is 2.67. The fraction of sp³-hybridized carbons (Fsp3) is 0.0909. The van der Waals surface area contributed by atoms with Crippen molar-refractivity contribution in [3.63, 3.8) is 0 Å². The molecule has 0 unspecified atom stereocenters. The Kier molecular flexibility index (Phi) is 5.75. The highest BCUT2D eigenvalue weighted by Gasteiger charge is 2.30. The summed E-state index contributed by atoms with van der Waals surface area (Å²) in [6, 6.07) is 16.4. The quantitative estimate of drug-likeness (QED) is 0.282. The number of esters is 1. The zero-order chi connectivity index (χ0) is 21.2. The molecule has 0 atom stereocenters. The summed E-state index contributed by atoms with van der Waals surface area (Å²) in [5.41, 5.74) is 1.13. The second kappa shape index (κ2) is 8.09. The van der Waals surface area contributed by atoms with Gasteiger partial charge in [-0.05, 0) is 52.6 Å². The van der Waals surface area contributed by atoms with Crippen LogP contribution in [-0.2, 0) is 11.0 Å². The molecule has 29 heavy (non-hydrogen) atoms. The lowest BCUT2D eigenvalue weighted by atomic mass is 9.94. The maximum Gasteiger partial charge on any atom is 0.416 e. The number of alkyl halides is 3. The van der Waals surface area contributed by atoms with Gasteiger partial charge in [-0.25, -0.2) is 0 Å². The van der Waals surface area contributed by atoms with Crippen LogP contribution in [0.3, 0.4) is 0 Å². The number of rotatable bonds is 4. The molecule has 148 valence electrons. The molecule has 7 heteroatoms. The third-order valence-corrected chi connectivity index (χ3v) is 4.38. The first-order valence-electron chi connectivity index (χ1n) is 8.46. The van der Waals surface area contributed by atoms with Crippen LogP contribution in [-0.4, -0.2) is 11.2 Å². The van der Waals surface area contributed by atoms with E-state index in [1.807, 2.05) is 0 Å². The molecule has 0 fully saturated rings. The van der Waals surface area contributed by atoms with Crippen molar-refractivity contribution in [2.24, 2.45) is 0 Å². The Balaban J connectivity index is 2.22. The molecule has 0 radical (unpaired) electrons. The van der Waals surface area contributed by atoms with Crippen LogP contribution in [0.4, 0.5) is 13.2 Å². The van der Waals surface area contributed by atoms with Gasteiger partial charge in [0, 0.05) is 12.5 Å². The smallest absolute Gasteiger partial charge is 0.416 e. The number of carbonyl (C=O) groups excluding carboxylic acids is 2. The maximum atomic E-state index is 12.8. The zero-order valence-corrected chi connectivity index (χ0v) is 15.8. The number of halogens is 4. The molecule has 0 aliphatic rings. The second-order valence-corrected chi connectivity index (χ2v) is 6.55. The molecule has 3 aromatic carbocycles. The van der Waals surface area contributed by atoms with Gasteiger partial charge in [0.2, 0.25) is 0 Å². The van der Waals surface area contributed by atoms with E-state index in [9.17, 15) is 22.8 Å². The van der Waals surface area contributed by atoms with E-state index in [0.29, 0.717) is 22.3 Å². The van der Waals surface area contributed by atoms with Crippen LogP contribution < -0.4 is 4.74 Å². The molecular formula is C22H14ClF3O3. The molecule has 0 amide bonds. The first-order valence-corrected chi connectivity index (χ1v) is 8.84. The molecule has 0 aliphatic heterocycles. The number of hydrogen-bond acceptors (Lipinski definition) is 3. The van der Waals surface area contributed by atoms with Crippen molar-refractivity contribution in [3.05, 3.63) is 77.9 Å². The lowest BCUT2D eigenvalue weighted by Crippen LogP contribution is -2.07. The average molecular weight is 419 g/mol. The molecule has 0 saturated carbocycles. The Morgan fingerprint density at radius 1 is 0.862 bits per heavy atom. The number of hydrogen-bond donors (Lipinski definition) is 0. The maximum absolute atomic E-state index is 12.8. The van der Waals surface area contributed by atoms with Crippen molar-refractivity contribution in [2.75, 3.05) is 0 Å². The van der Waals surface area contributed by atoms with E-state index in [-0.39, 0.29) is 11.3 Å². The SMILES string of the molecule is CC(=O)Oc1c(C(=O)Cl)cc(-c2ccc(C(F)(F)F)cc2)cc1-c1ccccc1. The lowest BCUT2D eigenvalue weighted by molar-refractivity contribution is -0.137. The van der Waals surface area contributed by atoms with Crippen LogP contribution in [0.15, 0.2) is 66.7 Å². The van der Waals surface area contributed by atoms with Crippen molar-refractivity contribution in [1.29, 1.82) is 0 Å². The standard InChI is InChI=1S/C22H14ClF3O3/c1-13(27)29-20-18(15-5-3-2-4-6-15)11-16(12-19(20)21(23)28)14-7-9-17(10-8-14)22(24,25)26/h2-12H,1H3. The summed E-state index contributed by atoms with van der Waals surface area (Å²) < 4.78 is 43.8. The number of carbonyl (C=O) groups is 2. The van der Waals surface area contributed by atoms with Crippen molar-refractivity contribution in [1.82, 2.24) is 0 Å². The summed E-state index contributed by atoms with van der Waals surface area (Å²) in [7, 11) is 0. The van der Waals surface area contributed by atoms with E-state index in [1.54, 1.807) is 36.4 Å². The highest BCUT2D eigenvalue weighted by Crippen LogP contribution is 2.39. The predicted octanol–water partition coefficient (Wildman–Crippen LogP) is 6.34. The van der Waals surface area contributed by atoms with Gasteiger partial charge in [-0.3, -0.25) is 9.59 Å². The first kappa shape index (κ1) is 20.6. The number of ether oxygens (including phenoxy) is 1. The molecule has 3 nitrogen and oxygen atoms in total. The Morgan fingerprint density at radius 2 is 1.48 bits per heavy atom. The molecule has 3 aromatic rings. The Morgan fingerprint density at radius 3 is 2.00 bits per heavy atom. The Hall–Kier alpha value is -3.12. The topological polar surface area (TPSA) is 43.4 Å². The first-order chi connectivity index (χ1) is 13.7. The largest absolute Gasteiger partial charge is 0.425 e. The molecular weight excluding hydrogens is 405 g/mol. The van der Waals surface area contributed by atoms with E-state index in [1.165, 1.54) is 25.1 Å². The molecule has 3 rings (SSSR count). The third-order valence-electron chi connectivity index (χ3n) is 4.18. The van der Waals surface area contributed by atoms with E-state index in [2.05, 4.69) is 0 Å². The van der Waals surface area contributed by atoms with Crippen molar-refractivity contribution >= 4 is 22.8 Å². The minimum absolute atomic E-state index is 0.000591. The Labute approximate surface area is 169 Å². The fourth-order valence-corrected chi connectivity index (χ4v) is 3.02. The van der Waals surface area contributed by atoms with Crippen LogP contribution in [0.5, 0.6) is 5.75 Å². The van der Waals surface area contributed by atoms with Gasteiger partial charge in [0.25, 0.3) is 5.24 Å². The number of benzene rings is 3. The van der Waals surface area contributed by atoms with Gasteiger partial charge in [0.05, 0.1) is 11.1 Å².